The molecule has 0 heterocycles. The number of Topliss-reactive ketones (excluding diaryl/α,β-unsaturated/α-hetero) is 2. The maximum atomic E-state index is 12.4. The largest absolute Gasteiger partial charge is 0.393 e. The van der Waals surface area contributed by atoms with Gasteiger partial charge in [-0.2, -0.15) is 0 Å². The van der Waals surface area contributed by atoms with Gasteiger partial charge in [0.2, 0.25) is 0 Å². The monoisotopic (exact) mass is 364 g/mol. The summed E-state index contributed by atoms with van der Waals surface area (Å²) >= 11 is 0. The van der Waals surface area contributed by atoms with Crippen molar-refractivity contribution in [2.24, 2.45) is 34.5 Å². The van der Waals surface area contributed by atoms with E-state index in [-0.39, 0.29) is 23.2 Å². The van der Waals surface area contributed by atoms with Crippen LogP contribution in [-0.2, 0) is 9.59 Å². The van der Waals surface area contributed by atoms with Crippen molar-refractivity contribution >= 4 is 11.6 Å². The summed E-state index contributed by atoms with van der Waals surface area (Å²) < 4.78 is 0. The Kier molecular flexibility index (Phi) is 4.18. The minimum absolute atomic E-state index is 0.0285. The molecule has 0 spiro atoms. The van der Waals surface area contributed by atoms with Crippen LogP contribution in [0, 0.1) is 34.5 Å². The molecule has 0 unspecified atom stereocenters. The fourth-order valence-corrected chi connectivity index (χ4v) is 7.76. The van der Waals surface area contributed by atoms with Crippen molar-refractivity contribution in [3.63, 3.8) is 0 Å². The van der Waals surface area contributed by atoms with E-state index in [1.165, 1.54) is 0 Å². The average Bonchev–Trinajstić information content (AvgIpc) is 2.86. The minimum atomic E-state index is -1.53. The lowest BCUT2D eigenvalue weighted by atomic mass is 9.43. The van der Waals surface area contributed by atoms with E-state index in [1.807, 2.05) is 6.92 Å². The standard InChI is InChI=1S/C21H32O5/c1-19-7-5-13(23)9-12(19)3-4-14-15-6-8-21(26,17(25)11-22)20(15,2)10-16(24)18(14)19/h12,14-16,18,22,24,26H,3-11H2,1-2H3/t12-,14-,15+,16-,18-,19-,20-,21-/m0/s1. The molecule has 5 heteroatoms. The van der Waals surface area contributed by atoms with Crippen LogP contribution in [0.4, 0.5) is 0 Å². The van der Waals surface area contributed by atoms with Crippen molar-refractivity contribution in [2.75, 3.05) is 6.61 Å². The lowest BCUT2D eigenvalue weighted by Crippen LogP contribution is -2.63. The maximum absolute atomic E-state index is 12.4. The molecule has 0 aliphatic heterocycles. The Morgan fingerprint density at radius 2 is 1.92 bits per heavy atom. The van der Waals surface area contributed by atoms with E-state index in [0.717, 1.165) is 25.7 Å². The van der Waals surface area contributed by atoms with Crippen molar-refractivity contribution in [2.45, 2.75) is 76.9 Å². The van der Waals surface area contributed by atoms with Crippen LogP contribution in [0.3, 0.4) is 0 Å². The Hall–Kier alpha value is -0.780. The van der Waals surface area contributed by atoms with Gasteiger partial charge in [-0.1, -0.05) is 13.8 Å². The molecule has 0 aromatic carbocycles. The summed E-state index contributed by atoms with van der Waals surface area (Å²) in [6.45, 7) is 3.55. The Labute approximate surface area is 155 Å². The second-order valence-corrected chi connectivity index (χ2v) is 9.99. The van der Waals surface area contributed by atoms with Gasteiger partial charge in [0.15, 0.2) is 5.78 Å². The van der Waals surface area contributed by atoms with Crippen molar-refractivity contribution in [3.05, 3.63) is 0 Å². The van der Waals surface area contributed by atoms with Crippen LogP contribution >= 0.6 is 0 Å². The van der Waals surface area contributed by atoms with E-state index < -0.39 is 29.5 Å². The highest BCUT2D eigenvalue weighted by Gasteiger charge is 2.68. The molecule has 4 fully saturated rings. The number of aliphatic hydroxyl groups is 3. The molecule has 0 radical (unpaired) electrons. The van der Waals surface area contributed by atoms with E-state index in [0.29, 0.717) is 37.4 Å². The fraction of sp³-hybridized carbons (Fsp3) is 0.905. The summed E-state index contributed by atoms with van der Waals surface area (Å²) in [5.41, 5.74) is -2.24. The minimum Gasteiger partial charge on any atom is -0.393 e. The highest BCUT2D eigenvalue weighted by molar-refractivity contribution is 5.89. The normalized spacial score (nSPS) is 53.6. The van der Waals surface area contributed by atoms with Gasteiger partial charge in [-0.15, -0.1) is 0 Å². The summed E-state index contributed by atoms with van der Waals surface area (Å²) in [7, 11) is 0. The summed E-state index contributed by atoms with van der Waals surface area (Å²) in [5.74, 6) is 0.800. The first kappa shape index (κ1) is 18.6. The first-order valence-electron chi connectivity index (χ1n) is 10.2. The van der Waals surface area contributed by atoms with Gasteiger partial charge in [-0.05, 0) is 67.6 Å². The lowest BCUT2D eigenvalue weighted by Gasteiger charge is -2.62. The van der Waals surface area contributed by atoms with Crippen LogP contribution in [-0.4, -0.2) is 45.2 Å². The van der Waals surface area contributed by atoms with Crippen molar-refractivity contribution in [3.8, 4) is 0 Å². The molecule has 146 valence electrons. The second kappa shape index (κ2) is 5.86. The highest BCUT2D eigenvalue weighted by atomic mass is 16.3. The van der Waals surface area contributed by atoms with Gasteiger partial charge >= 0.3 is 0 Å². The Balaban J connectivity index is 1.70. The molecule has 0 saturated heterocycles. The summed E-state index contributed by atoms with van der Waals surface area (Å²) in [6.07, 6.45) is 5.02. The van der Waals surface area contributed by atoms with Gasteiger partial charge in [-0.25, -0.2) is 0 Å². The maximum Gasteiger partial charge on any atom is 0.190 e. The Morgan fingerprint density at radius 3 is 2.62 bits per heavy atom. The molecule has 0 amide bonds. The van der Waals surface area contributed by atoms with Crippen LogP contribution in [0.15, 0.2) is 0 Å². The van der Waals surface area contributed by atoms with E-state index in [4.69, 9.17) is 0 Å². The lowest BCUT2D eigenvalue weighted by molar-refractivity contribution is -0.198. The third-order valence-corrected chi connectivity index (χ3v) is 9.17. The predicted molar refractivity (Wildman–Crippen MR) is 95.2 cm³/mol. The number of hydrogen-bond donors (Lipinski definition) is 3. The molecule has 0 aromatic heterocycles. The molecule has 5 nitrogen and oxygen atoms in total. The van der Waals surface area contributed by atoms with E-state index >= 15 is 0 Å². The van der Waals surface area contributed by atoms with E-state index in [2.05, 4.69) is 6.92 Å². The average molecular weight is 364 g/mol. The smallest absolute Gasteiger partial charge is 0.190 e. The number of hydrogen-bond acceptors (Lipinski definition) is 5. The first-order chi connectivity index (χ1) is 12.2. The molecule has 8 atom stereocenters. The van der Waals surface area contributed by atoms with Crippen LogP contribution in [0.25, 0.3) is 0 Å². The highest BCUT2D eigenvalue weighted by Crippen LogP contribution is 2.68. The summed E-state index contributed by atoms with van der Waals surface area (Å²) in [6, 6.07) is 0. The van der Waals surface area contributed by atoms with Crippen LogP contribution in [0.5, 0.6) is 0 Å². The van der Waals surface area contributed by atoms with Crippen molar-refractivity contribution in [1.82, 2.24) is 0 Å². The third kappa shape index (κ3) is 2.20. The van der Waals surface area contributed by atoms with Gasteiger partial charge in [-0.3, -0.25) is 9.59 Å². The first-order valence-corrected chi connectivity index (χ1v) is 10.2. The van der Waals surface area contributed by atoms with Gasteiger partial charge in [0.05, 0.1) is 6.10 Å². The van der Waals surface area contributed by atoms with Crippen molar-refractivity contribution in [1.29, 1.82) is 0 Å². The molecule has 4 rings (SSSR count). The molecular formula is C21H32O5. The molecular weight excluding hydrogens is 332 g/mol. The number of aliphatic hydroxyl groups excluding tert-OH is 2. The number of carbonyl (C=O) groups is 2. The van der Waals surface area contributed by atoms with Gasteiger partial charge in [0.25, 0.3) is 0 Å². The number of ketones is 2. The topological polar surface area (TPSA) is 94.8 Å². The Morgan fingerprint density at radius 1 is 1.19 bits per heavy atom. The number of carbonyl (C=O) groups excluding carboxylic acids is 2. The quantitative estimate of drug-likeness (QED) is 0.695. The van der Waals surface area contributed by atoms with Crippen LogP contribution in [0.1, 0.15) is 65.2 Å². The zero-order valence-corrected chi connectivity index (χ0v) is 15.9. The fourth-order valence-electron chi connectivity index (χ4n) is 7.76. The van der Waals surface area contributed by atoms with Crippen LogP contribution < -0.4 is 0 Å². The third-order valence-electron chi connectivity index (χ3n) is 9.17. The number of fused-ring (bicyclic) bond motifs is 5. The van der Waals surface area contributed by atoms with Crippen molar-refractivity contribution < 1.29 is 24.9 Å². The van der Waals surface area contributed by atoms with E-state index in [9.17, 15) is 24.9 Å². The SMILES string of the molecule is C[C@]12CCC(=O)C[C@@H]1CC[C@@H]1[C@H]2[C@@H](O)C[C@@]2(C)[C@@H]1CC[C@]2(O)C(=O)CO. The van der Waals surface area contributed by atoms with E-state index in [1.54, 1.807) is 0 Å². The Bertz CT molecular complexity index is 632. The molecule has 4 saturated carbocycles. The molecule has 4 aliphatic rings. The molecule has 3 N–H and O–H groups in total. The summed E-state index contributed by atoms with van der Waals surface area (Å²) in [5, 5.41) is 31.8. The van der Waals surface area contributed by atoms with Gasteiger partial charge in [0.1, 0.15) is 18.0 Å². The molecule has 4 aliphatic carbocycles. The molecule has 26 heavy (non-hydrogen) atoms. The molecule has 0 bridgehead atoms. The van der Waals surface area contributed by atoms with Crippen LogP contribution in [0.2, 0.25) is 0 Å². The zero-order valence-electron chi connectivity index (χ0n) is 15.9. The number of rotatable bonds is 2. The molecule has 0 aromatic rings. The second-order valence-electron chi connectivity index (χ2n) is 9.99. The summed E-state index contributed by atoms with van der Waals surface area (Å²) in [4.78, 5) is 24.3. The van der Waals surface area contributed by atoms with Gasteiger partial charge in [0, 0.05) is 18.3 Å². The predicted octanol–water partition coefficient (Wildman–Crippen LogP) is 1.86. The van der Waals surface area contributed by atoms with Gasteiger partial charge < -0.3 is 15.3 Å². The zero-order chi connectivity index (χ0) is 18.9.